The molecule has 0 unspecified atom stereocenters. The Hall–Kier alpha value is -1.11. The van der Waals surface area contributed by atoms with Crippen LogP contribution in [0.15, 0.2) is 122 Å². The molecule has 0 saturated heterocycles. The van der Waals surface area contributed by atoms with Gasteiger partial charge in [-0.1, -0.05) is 0 Å². The number of hydrogen-bond acceptors (Lipinski definition) is 0. The van der Waals surface area contributed by atoms with Gasteiger partial charge in [0, 0.05) is 0 Å². The van der Waals surface area contributed by atoms with Crippen LogP contribution in [0.25, 0.3) is 0 Å². The fraction of sp³-hybridized carbons (Fsp3) is 0.200. The third-order valence-electron chi connectivity index (χ3n) is 7.25. The van der Waals surface area contributed by atoms with Gasteiger partial charge in [0.1, 0.15) is 0 Å². The average Bonchev–Trinajstić information content (AvgIpc) is 3.58. The predicted octanol–water partition coefficient (Wildman–Crippen LogP) is 9.32. The van der Waals surface area contributed by atoms with E-state index in [1.165, 1.54) is 0 Å². The Bertz CT molecular complexity index is 889. The van der Waals surface area contributed by atoms with E-state index in [2.05, 4.69) is 60.8 Å². The van der Waals surface area contributed by atoms with Gasteiger partial charge in [0.2, 0.25) is 0 Å². The number of rotatable bonds is 5. The van der Waals surface area contributed by atoms with Crippen molar-refractivity contribution in [2.75, 3.05) is 0 Å². The third kappa shape index (κ3) is 1.54. The van der Waals surface area contributed by atoms with E-state index in [0.29, 0.717) is 0 Å². The standard InChI is InChI=1S/5C5H5.3ClH.Rh/c5*1-2-4-5-3-1;;;;/h5*1-5H;3*1H;/q;;;;;;;;+3/p-3. The van der Waals surface area contributed by atoms with Crippen LogP contribution in [0, 0.1) is 0 Å². The summed E-state index contributed by atoms with van der Waals surface area (Å²) in [7, 11) is 19.5. The van der Waals surface area contributed by atoms with Gasteiger partial charge in [-0.2, -0.15) is 0 Å². The predicted molar refractivity (Wildman–Crippen MR) is 128 cm³/mol. The van der Waals surface area contributed by atoms with E-state index in [1.807, 2.05) is 60.8 Å². The van der Waals surface area contributed by atoms with Gasteiger partial charge in [-0.3, -0.25) is 0 Å². The van der Waals surface area contributed by atoms with Crippen LogP contribution in [-0.2, 0) is 7.10 Å². The summed E-state index contributed by atoms with van der Waals surface area (Å²) in [5.74, 6) is 0. The van der Waals surface area contributed by atoms with E-state index in [1.54, 1.807) is 0 Å². The fourth-order valence-corrected chi connectivity index (χ4v) is 34.2. The molecule has 5 aliphatic carbocycles. The molecule has 0 fully saturated rings. The van der Waals surface area contributed by atoms with Crippen molar-refractivity contribution in [1.29, 1.82) is 0 Å². The molecule has 0 saturated carbocycles. The minimum absolute atomic E-state index is 0.364. The maximum atomic E-state index is 8.77. The molecule has 0 heterocycles. The van der Waals surface area contributed by atoms with Crippen LogP contribution in [0.5, 0.6) is 0 Å². The second-order valence-corrected chi connectivity index (χ2v) is 44.9. The van der Waals surface area contributed by atoms with Crippen LogP contribution in [0.4, 0.5) is 0 Å². The van der Waals surface area contributed by atoms with Crippen LogP contribution in [0.3, 0.4) is 0 Å². The zero-order valence-corrected chi connectivity index (χ0v) is 19.8. The SMILES string of the molecule is [Cl][Rh]([Cl])([Cl])([CH]1C=CC=C1)([CH]1C=CC=C1)([CH]1C=CC=C1)([CH]1C=CC=C1)[CH]1C=CC=C1. The Morgan fingerprint density at radius 1 is 0.310 bits per heavy atom. The van der Waals surface area contributed by atoms with E-state index < -0.39 is 7.10 Å². The van der Waals surface area contributed by atoms with Gasteiger partial charge < -0.3 is 0 Å². The molecule has 0 N–H and O–H groups in total. The second-order valence-electron chi connectivity index (χ2n) is 8.27. The molecule has 5 rings (SSSR count). The molecule has 0 bridgehead atoms. The molecule has 0 aliphatic heterocycles. The topological polar surface area (TPSA) is 0 Å². The molecule has 5 aliphatic rings. The van der Waals surface area contributed by atoms with Crippen LogP contribution in [-0.4, -0.2) is 0 Å². The summed E-state index contributed by atoms with van der Waals surface area (Å²) < 4.78 is -1.82. The minimum atomic E-state index is -6.78. The third-order valence-corrected chi connectivity index (χ3v) is 44.1. The molecule has 4 heteroatoms. The molecule has 0 spiro atoms. The quantitative estimate of drug-likeness (QED) is 0.308. The van der Waals surface area contributed by atoms with Crippen molar-refractivity contribution < 1.29 is 7.10 Å². The molecular formula is C25H25Cl3Rh. The summed E-state index contributed by atoms with van der Waals surface area (Å²) in [4.78, 5) is 0. The van der Waals surface area contributed by atoms with Gasteiger partial charge in [-0.15, -0.1) is 0 Å². The Morgan fingerprint density at radius 3 is 0.586 bits per heavy atom. The Morgan fingerprint density at radius 2 is 0.448 bits per heavy atom. The Balaban J connectivity index is 2.16. The summed E-state index contributed by atoms with van der Waals surface area (Å²) in [6, 6.07) is 0. The van der Waals surface area contributed by atoms with Gasteiger partial charge >= 0.3 is 180 Å². The van der Waals surface area contributed by atoms with Crippen molar-refractivity contribution >= 4 is 29.1 Å². The molecular weight excluding hydrogens is 510 g/mol. The van der Waals surface area contributed by atoms with Crippen LogP contribution in [0.2, 0.25) is 22.6 Å². The molecule has 0 nitrogen and oxygen atoms in total. The molecule has 0 atom stereocenters. The first-order valence-electron chi connectivity index (χ1n) is 9.67. The first-order chi connectivity index (χ1) is 13.7. The van der Waals surface area contributed by atoms with Gasteiger partial charge in [0.05, 0.1) is 0 Å². The van der Waals surface area contributed by atoms with Crippen molar-refractivity contribution in [3.8, 4) is 0 Å². The van der Waals surface area contributed by atoms with Crippen molar-refractivity contribution in [3.63, 3.8) is 0 Å². The molecule has 0 aromatic heterocycles. The molecule has 0 amide bonds. The van der Waals surface area contributed by atoms with Crippen molar-refractivity contribution in [2.45, 2.75) is 22.6 Å². The first kappa shape index (κ1) is 19.8. The van der Waals surface area contributed by atoms with Crippen LogP contribution >= 0.6 is 29.1 Å². The molecule has 0 aromatic rings. The van der Waals surface area contributed by atoms with Crippen LogP contribution in [0.1, 0.15) is 0 Å². The molecule has 0 radical (unpaired) electrons. The Kier molecular flexibility index (Phi) is 3.22. The van der Waals surface area contributed by atoms with Gasteiger partial charge in [-0.05, 0) is 0 Å². The van der Waals surface area contributed by atoms with Crippen molar-refractivity contribution in [1.82, 2.24) is 0 Å². The number of allylic oxidation sites excluding steroid dienone is 20. The number of halogens is 3. The summed E-state index contributed by atoms with van der Waals surface area (Å²) in [5, 5.41) is 0. The maximum absolute atomic E-state index is 8.77. The first-order valence-corrected chi connectivity index (χ1v) is 20.7. The van der Waals surface area contributed by atoms with E-state index in [0.717, 1.165) is 0 Å². The summed E-state index contributed by atoms with van der Waals surface area (Å²) in [6.07, 6.45) is 41.6. The molecule has 0 aromatic carbocycles. The molecule has 29 heavy (non-hydrogen) atoms. The summed E-state index contributed by atoms with van der Waals surface area (Å²) >= 11 is 0. The summed E-state index contributed by atoms with van der Waals surface area (Å²) in [5.41, 5.74) is 0. The summed E-state index contributed by atoms with van der Waals surface area (Å²) in [6.45, 7) is 0. The zero-order valence-electron chi connectivity index (χ0n) is 15.9. The van der Waals surface area contributed by atoms with Gasteiger partial charge in [-0.25, -0.2) is 0 Å². The molecule has 155 valence electrons. The van der Waals surface area contributed by atoms with E-state index in [4.69, 9.17) is 29.1 Å². The normalized spacial score (nSPS) is 29.5. The fourth-order valence-electron chi connectivity index (χ4n) is 5.66. The van der Waals surface area contributed by atoms with Gasteiger partial charge in [0.25, 0.3) is 0 Å². The van der Waals surface area contributed by atoms with Crippen LogP contribution < -0.4 is 0 Å². The van der Waals surface area contributed by atoms with E-state index in [9.17, 15) is 0 Å². The van der Waals surface area contributed by atoms with Gasteiger partial charge in [0.15, 0.2) is 0 Å². The van der Waals surface area contributed by atoms with Crippen molar-refractivity contribution in [3.05, 3.63) is 122 Å². The Labute approximate surface area is 179 Å². The van der Waals surface area contributed by atoms with E-state index in [-0.39, 0.29) is 22.6 Å². The monoisotopic (exact) mass is 533 g/mol. The van der Waals surface area contributed by atoms with Crippen molar-refractivity contribution in [2.24, 2.45) is 0 Å². The zero-order chi connectivity index (χ0) is 20.4. The average molecular weight is 535 g/mol. The number of hydrogen-bond donors (Lipinski definition) is 0. The van der Waals surface area contributed by atoms with E-state index >= 15 is 0 Å². The second kappa shape index (κ2) is 4.71.